The van der Waals surface area contributed by atoms with E-state index in [4.69, 9.17) is 9.59 Å². The summed E-state index contributed by atoms with van der Waals surface area (Å²) >= 11 is 0. The van der Waals surface area contributed by atoms with Gasteiger partial charge in [0, 0.05) is 1.43 Å². The van der Waals surface area contributed by atoms with Crippen LogP contribution >= 0.6 is 0 Å². The Morgan fingerprint density at radius 2 is 1.50 bits per heavy atom. The van der Waals surface area contributed by atoms with E-state index in [2.05, 4.69) is 0 Å². The lowest BCUT2D eigenvalue weighted by Gasteiger charge is -0.945. The van der Waals surface area contributed by atoms with Gasteiger partial charge in [-0.25, -0.2) is 0 Å². The Hall–Kier alpha value is -0.690. The molecule has 0 saturated heterocycles. The molecule has 2 nitrogen and oxygen atoms in total. The zero-order valence-electron chi connectivity index (χ0n) is 1.72. The van der Waals surface area contributed by atoms with E-state index in [-0.39, 0.29) is 12.3 Å². The summed E-state index contributed by atoms with van der Waals surface area (Å²) in [6, 6.07) is 0. The van der Waals surface area contributed by atoms with Gasteiger partial charge in [0.2, 0.25) is 0 Å². The molecule has 0 aromatic heterocycles. The summed E-state index contributed by atoms with van der Waals surface area (Å²) in [6.07, 6.45) is 0.250. The number of halogens is 1. The molecule has 0 amide bonds. The summed E-state index contributed by atoms with van der Waals surface area (Å²) < 4.78 is 0. The van der Waals surface area contributed by atoms with Gasteiger partial charge in [-0.15, -0.1) is 0 Å². The third kappa shape index (κ3) is 0.264. The predicted octanol–water partition coefficient (Wildman–Crippen LogP) is -0.185. The number of carbonyl (C=O) groups excluding carboxylic acids is 2. The largest absolute Gasteiger partial charge is 0.373 e. The molecule has 0 aliphatic rings. The summed E-state index contributed by atoms with van der Waals surface area (Å²) in [5, 5.41) is 0. The van der Waals surface area contributed by atoms with Gasteiger partial charge in [-0.2, -0.15) is 9.59 Å². The molecule has 4 heavy (non-hydrogen) atoms. The molecule has 0 radical (unpaired) electrons. The standard InChI is InChI=1S/CO2.FH.H2/c2-1-3;;/h;2*1H/i;;1+1. The number of rotatable bonds is 0. The lowest BCUT2D eigenvalue weighted by atomic mass is 11.8. The zero-order chi connectivity index (χ0) is 2.71. The van der Waals surface area contributed by atoms with Crippen molar-refractivity contribution in [3.63, 3.8) is 0 Å². The van der Waals surface area contributed by atoms with Crippen LogP contribution in [0.25, 0.3) is 0 Å². The van der Waals surface area contributed by atoms with Crippen LogP contribution in [0.5, 0.6) is 0 Å². The third-order valence-corrected chi connectivity index (χ3v) is 0. The van der Waals surface area contributed by atoms with Crippen LogP contribution in [0.15, 0.2) is 0 Å². The van der Waals surface area contributed by atoms with E-state index in [1.807, 2.05) is 0 Å². The van der Waals surface area contributed by atoms with Gasteiger partial charge in [0.15, 0.2) is 0 Å². The van der Waals surface area contributed by atoms with Crippen molar-refractivity contribution < 1.29 is 15.7 Å². The minimum Gasteiger partial charge on any atom is -0.269 e. The quantitative estimate of drug-likeness (QED) is 0.393. The van der Waals surface area contributed by atoms with Crippen LogP contribution in [0.4, 0.5) is 4.70 Å². The SMILES string of the molecule is F.O=C=O.[2HH]. The fourth-order valence-electron chi connectivity index (χ4n) is 0. The smallest absolute Gasteiger partial charge is 0.269 e. The lowest BCUT2D eigenvalue weighted by molar-refractivity contribution is -0.191. The highest BCUT2D eigenvalue weighted by atomic mass is 19.0. The molecule has 0 rings (SSSR count). The molecule has 0 heterocycles. The minimum absolute atomic E-state index is 0. The van der Waals surface area contributed by atoms with Gasteiger partial charge < -0.3 is 0 Å². The summed E-state index contributed by atoms with van der Waals surface area (Å²) in [7, 11) is 0. The van der Waals surface area contributed by atoms with Gasteiger partial charge >= 0.3 is 6.15 Å². The summed E-state index contributed by atoms with van der Waals surface area (Å²) in [4.78, 5) is 16.2. The van der Waals surface area contributed by atoms with Gasteiger partial charge in [0.25, 0.3) is 0 Å². The maximum Gasteiger partial charge on any atom is 0.373 e. The van der Waals surface area contributed by atoms with Crippen LogP contribution in [-0.4, -0.2) is 6.15 Å². The summed E-state index contributed by atoms with van der Waals surface area (Å²) in [5.41, 5.74) is 0. The summed E-state index contributed by atoms with van der Waals surface area (Å²) in [6.45, 7) is 0. The van der Waals surface area contributed by atoms with Crippen molar-refractivity contribution in [3.8, 4) is 0 Å². The van der Waals surface area contributed by atoms with Gasteiger partial charge in [-0.1, -0.05) is 0 Å². The second-order valence-corrected chi connectivity index (χ2v) is 0.0833. The molecule has 0 fully saturated rings. The van der Waals surface area contributed by atoms with Crippen molar-refractivity contribution >= 4 is 6.15 Å². The van der Waals surface area contributed by atoms with Crippen LogP contribution in [-0.2, 0) is 9.59 Å². The van der Waals surface area contributed by atoms with Gasteiger partial charge in [-0.05, 0) is 0 Å². The maximum atomic E-state index is 8.12. The van der Waals surface area contributed by atoms with Crippen molar-refractivity contribution in [1.82, 2.24) is 0 Å². The second kappa shape index (κ2) is 41.3. The monoisotopic (exact) mass is 67.0 g/mol. The second-order valence-electron chi connectivity index (χ2n) is 0.0833. The Morgan fingerprint density at radius 3 is 1.50 bits per heavy atom. The normalized spacial score (nSPS) is 2.00. The molecule has 0 aromatic carbocycles. The molecule has 0 N–H and O–H groups in total. The molecule has 0 aliphatic heterocycles. The first-order chi connectivity index (χ1) is 1.41. The molecule has 0 saturated carbocycles. The predicted molar refractivity (Wildman–Crippen MR) is 9.62 cm³/mol. The van der Waals surface area contributed by atoms with Crippen molar-refractivity contribution in [2.24, 2.45) is 0 Å². The topological polar surface area (TPSA) is 34.1 Å². The first-order valence-electron chi connectivity index (χ1n) is 0.408. The van der Waals surface area contributed by atoms with E-state index in [1.54, 1.807) is 0 Å². The van der Waals surface area contributed by atoms with Crippen LogP contribution in [0.1, 0.15) is 1.43 Å². The molecule has 0 spiro atoms. The Labute approximate surface area is 23.3 Å². The van der Waals surface area contributed by atoms with Gasteiger partial charge in [0.05, 0.1) is 0 Å². The lowest BCUT2D eigenvalue weighted by Crippen LogP contribution is -1.22. The van der Waals surface area contributed by atoms with Crippen LogP contribution < -0.4 is 0 Å². The molecule has 0 unspecified atom stereocenters. The average Bonchev–Trinajstić information content (AvgIpc) is 0.918. The van der Waals surface area contributed by atoms with E-state index in [1.165, 1.54) is 0 Å². The Balaban J connectivity index is -0.0000000200. The highest BCUT2D eigenvalue weighted by Gasteiger charge is 1.13. The molecular formula is CH3FO2. The summed E-state index contributed by atoms with van der Waals surface area (Å²) in [5.74, 6) is 0. The first kappa shape index (κ1) is 10.3. The molecular weight excluding hydrogens is 63.0 g/mol. The maximum absolute atomic E-state index is 8.12. The van der Waals surface area contributed by atoms with Crippen LogP contribution in [0.2, 0.25) is 0 Å². The van der Waals surface area contributed by atoms with Crippen LogP contribution in [0, 0.1) is 0 Å². The highest BCUT2D eigenvalue weighted by Crippen LogP contribution is 0.787. The minimum atomic E-state index is 0. The van der Waals surface area contributed by atoms with Crippen molar-refractivity contribution in [2.45, 2.75) is 0 Å². The molecule has 3 heteroatoms. The van der Waals surface area contributed by atoms with Gasteiger partial charge in [-0.3, -0.25) is 4.70 Å². The Bertz CT molecular complexity index is 30.6. The fraction of sp³-hybridized carbons (Fsp3) is 0. The molecule has 0 bridgehead atoms. The number of hydrogen-bond acceptors (Lipinski definition) is 2. The van der Waals surface area contributed by atoms with E-state index in [0.29, 0.717) is 0 Å². The first-order valence-corrected chi connectivity index (χ1v) is 0.408. The van der Waals surface area contributed by atoms with Crippen molar-refractivity contribution in [2.75, 3.05) is 0 Å². The molecule has 26 valence electrons. The Kier molecular flexibility index (Phi) is 106. The van der Waals surface area contributed by atoms with E-state index in [9.17, 15) is 0 Å². The van der Waals surface area contributed by atoms with Crippen LogP contribution in [0.3, 0.4) is 0 Å². The molecule has 0 aliphatic carbocycles. The van der Waals surface area contributed by atoms with Crippen molar-refractivity contribution in [3.05, 3.63) is 0 Å². The molecule has 0 aromatic rings. The van der Waals surface area contributed by atoms with E-state index < -0.39 is 0 Å². The highest BCUT2D eigenvalue weighted by molar-refractivity contribution is 5.20. The fourth-order valence-corrected chi connectivity index (χ4v) is 0. The molecule has 0 atom stereocenters. The van der Waals surface area contributed by atoms with Gasteiger partial charge in [0.1, 0.15) is 0 Å². The average molecular weight is 67.0 g/mol. The van der Waals surface area contributed by atoms with E-state index in [0.717, 1.165) is 0 Å². The Morgan fingerprint density at radius 1 is 1.50 bits per heavy atom. The number of hydrogen-bond donors (Lipinski definition) is 0. The van der Waals surface area contributed by atoms with Crippen molar-refractivity contribution in [1.29, 1.82) is 0 Å². The van der Waals surface area contributed by atoms with E-state index >= 15 is 0 Å². The third-order valence-electron chi connectivity index (χ3n) is 0. The zero-order valence-corrected chi connectivity index (χ0v) is 1.72.